The van der Waals surface area contributed by atoms with Crippen LogP contribution in [0.5, 0.6) is 5.75 Å². The summed E-state index contributed by atoms with van der Waals surface area (Å²) < 4.78 is 18.9. The molecule has 2 aromatic carbocycles. The van der Waals surface area contributed by atoms with E-state index in [9.17, 15) is 4.39 Å². The molecule has 1 aliphatic heterocycles. The fourth-order valence-corrected chi connectivity index (χ4v) is 4.32. The lowest BCUT2D eigenvalue weighted by atomic mass is 10.1. The lowest BCUT2D eigenvalue weighted by molar-refractivity contribution is 0.415. The molecule has 162 valence electrons. The van der Waals surface area contributed by atoms with Crippen LogP contribution in [-0.2, 0) is 12.3 Å². The first kappa shape index (κ1) is 22.3. The van der Waals surface area contributed by atoms with E-state index < -0.39 is 0 Å². The van der Waals surface area contributed by atoms with Gasteiger partial charge in [0.05, 0.1) is 7.11 Å². The Balaban J connectivity index is 1.49. The van der Waals surface area contributed by atoms with E-state index in [1.165, 1.54) is 11.8 Å². The van der Waals surface area contributed by atoms with Gasteiger partial charge in [-0.3, -0.25) is 4.99 Å². The predicted molar refractivity (Wildman–Crippen MR) is 125 cm³/mol. The maximum Gasteiger partial charge on any atom is 0.191 e. The second-order valence-electron chi connectivity index (χ2n) is 7.45. The van der Waals surface area contributed by atoms with Gasteiger partial charge in [0, 0.05) is 50.7 Å². The third-order valence-corrected chi connectivity index (χ3v) is 6.00. The molecular formula is C23H31FN4OS. The Morgan fingerprint density at radius 3 is 2.87 bits per heavy atom. The zero-order chi connectivity index (χ0) is 21.3. The zero-order valence-corrected chi connectivity index (χ0v) is 18.8. The van der Waals surface area contributed by atoms with Crippen LogP contribution >= 0.6 is 11.8 Å². The minimum absolute atomic E-state index is 0.188. The quantitative estimate of drug-likeness (QED) is 0.492. The van der Waals surface area contributed by atoms with Crippen molar-refractivity contribution in [3.05, 3.63) is 59.4 Å². The Morgan fingerprint density at radius 1 is 1.23 bits per heavy atom. The molecule has 3 rings (SSSR count). The second kappa shape index (κ2) is 11.1. The minimum Gasteiger partial charge on any atom is -0.497 e. The Bertz CT molecular complexity index is 861. The molecule has 0 amide bonds. The molecule has 0 bridgehead atoms. The Kier molecular flexibility index (Phi) is 8.25. The van der Waals surface area contributed by atoms with E-state index in [1.807, 2.05) is 24.5 Å². The number of rotatable bonds is 8. The number of hydrogen-bond acceptors (Lipinski definition) is 4. The van der Waals surface area contributed by atoms with Crippen LogP contribution in [0, 0.1) is 11.7 Å². The molecule has 1 saturated heterocycles. The van der Waals surface area contributed by atoms with Crippen molar-refractivity contribution in [2.75, 3.05) is 44.9 Å². The average molecular weight is 431 g/mol. The van der Waals surface area contributed by atoms with Crippen LogP contribution in [0.1, 0.15) is 17.5 Å². The molecule has 0 aromatic heterocycles. The summed E-state index contributed by atoms with van der Waals surface area (Å²) in [5, 5.41) is 6.81. The molecule has 0 spiro atoms. The van der Waals surface area contributed by atoms with Gasteiger partial charge in [-0.15, -0.1) is 0 Å². The Hall–Kier alpha value is -2.41. The summed E-state index contributed by atoms with van der Waals surface area (Å²) in [5.41, 5.74) is 3.32. The van der Waals surface area contributed by atoms with Crippen LogP contribution < -0.4 is 20.3 Å². The van der Waals surface area contributed by atoms with Crippen molar-refractivity contribution >= 4 is 23.4 Å². The van der Waals surface area contributed by atoms with Crippen LogP contribution in [0.15, 0.2) is 47.5 Å². The van der Waals surface area contributed by atoms with E-state index in [4.69, 9.17) is 4.74 Å². The number of benzene rings is 2. The Morgan fingerprint density at radius 2 is 2.10 bits per heavy atom. The first-order valence-electron chi connectivity index (χ1n) is 10.2. The standard InChI is InChI=1S/C23H31FN4OS/c1-25-23(27-14-18-7-8-20(24)11-19(18)16-30-3)26-13-17-9-10-28(15-17)21-5-4-6-22(12-21)29-2/h4-8,11-12,17H,9-10,13-16H2,1-3H3,(H2,25,26,27). The first-order chi connectivity index (χ1) is 14.6. The number of nitrogens with zero attached hydrogens (tertiary/aromatic N) is 2. The Labute approximate surface area is 183 Å². The van der Waals surface area contributed by atoms with Crippen molar-refractivity contribution in [2.45, 2.75) is 18.7 Å². The van der Waals surface area contributed by atoms with E-state index in [0.717, 1.165) is 54.6 Å². The van der Waals surface area contributed by atoms with Gasteiger partial charge in [0.2, 0.25) is 0 Å². The maximum atomic E-state index is 13.5. The summed E-state index contributed by atoms with van der Waals surface area (Å²) in [6.45, 7) is 3.53. The lowest BCUT2D eigenvalue weighted by Crippen LogP contribution is -2.40. The van der Waals surface area contributed by atoms with Crippen molar-refractivity contribution in [2.24, 2.45) is 10.9 Å². The van der Waals surface area contributed by atoms with Crippen molar-refractivity contribution in [1.29, 1.82) is 0 Å². The number of anilines is 1. The van der Waals surface area contributed by atoms with Crippen molar-refractivity contribution in [1.82, 2.24) is 10.6 Å². The summed E-state index contributed by atoms with van der Waals surface area (Å²) >= 11 is 1.69. The number of thioether (sulfide) groups is 1. The third-order valence-electron chi connectivity index (χ3n) is 5.40. The summed E-state index contributed by atoms with van der Waals surface area (Å²) in [4.78, 5) is 6.74. The number of ether oxygens (including phenoxy) is 1. The van der Waals surface area contributed by atoms with Gasteiger partial charge in [0.25, 0.3) is 0 Å². The smallest absolute Gasteiger partial charge is 0.191 e. The molecule has 2 aromatic rings. The minimum atomic E-state index is -0.188. The highest BCUT2D eigenvalue weighted by atomic mass is 32.2. The van der Waals surface area contributed by atoms with Crippen molar-refractivity contribution in [3.8, 4) is 5.75 Å². The van der Waals surface area contributed by atoms with Crippen LogP contribution in [-0.4, -0.2) is 46.0 Å². The molecule has 30 heavy (non-hydrogen) atoms. The third kappa shape index (κ3) is 6.05. The second-order valence-corrected chi connectivity index (χ2v) is 8.32. The van der Waals surface area contributed by atoms with Crippen LogP contribution in [0.25, 0.3) is 0 Å². The van der Waals surface area contributed by atoms with Crippen LogP contribution in [0.3, 0.4) is 0 Å². The van der Waals surface area contributed by atoms with E-state index in [-0.39, 0.29) is 5.82 Å². The van der Waals surface area contributed by atoms with E-state index in [2.05, 4.69) is 32.7 Å². The van der Waals surface area contributed by atoms with Gasteiger partial charge in [0.15, 0.2) is 5.96 Å². The number of hydrogen-bond donors (Lipinski definition) is 2. The fraction of sp³-hybridized carbons (Fsp3) is 0.435. The summed E-state index contributed by atoms with van der Waals surface area (Å²) in [6, 6.07) is 13.2. The van der Waals surface area contributed by atoms with Gasteiger partial charge in [-0.1, -0.05) is 12.1 Å². The summed E-state index contributed by atoms with van der Waals surface area (Å²) in [7, 11) is 3.48. The molecule has 5 nitrogen and oxygen atoms in total. The summed E-state index contributed by atoms with van der Waals surface area (Å²) in [6.07, 6.45) is 3.16. The molecule has 0 radical (unpaired) electrons. The van der Waals surface area contributed by atoms with Crippen molar-refractivity contribution in [3.63, 3.8) is 0 Å². The highest BCUT2D eigenvalue weighted by Gasteiger charge is 2.23. The predicted octanol–water partition coefficient (Wildman–Crippen LogP) is 3.89. The van der Waals surface area contributed by atoms with Gasteiger partial charge in [-0.05, 0) is 54.0 Å². The highest BCUT2D eigenvalue weighted by molar-refractivity contribution is 7.97. The van der Waals surface area contributed by atoms with Gasteiger partial charge < -0.3 is 20.3 Å². The molecule has 1 heterocycles. The monoisotopic (exact) mass is 430 g/mol. The van der Waals surface area contributed by atoms with Gasteiger partial charge in [0.1, 0.15) is 11.6 Å². The van der Waals surface area contributed by atoms with Crippen LogP contribution in [0.4, 0.5) is 10.1 Å². The first-order valence-corrected chi connectivity index (χ1v) is 11.6. The lowest BCUT2D eigenvalue weighted by Gasteiger charge is -2.20. The molecule has 2 N–H and O–H groups in total. The average Bonchev–Trinajstić information content (AvgIpc) is 3.24. The molecule has 0 aliphatic carbocycles. The molecule has 0 saturated carbocycles. The number of halogens is 1. The number of aliphatic imine (C=N–C) groups is 1. The maximum absolute atomic E-state index is 13.5. The van der Waals surface area contributed by atoms with Crippen LogP contribution in [0.2, 0.25) is 0 Å². The summed E-state index contributed by atoms with van der Waals surface area (Å²) in [5.74, 6) is 2.82. The topological polar surface area (TPSA) is 48.9 Å². The molecule has 7 heteroatoms. The number of methoxy groups -OCH3 is 1. The largest absolute Gasteiger partial charge is 0.497 e. The normalized spacial score (nSPS) is 16.6. The number of nitrogens with one attached hydrogen (secondary N) is 2. The molecule has 1 fully saturated rings. The van der Waals surface area contributed by atoms with Gasteiger partial charge >= 0.3 is 0 Å². The van der Waals surface area contributed by atoms with Crippen molar-refractivity contribution < 1.29 is 9.13 Å². The van der Waals surface area contributed by atoms with Gasteiger partial charge in [-0.25, -0.2) is 4.39 Å². The van der Waals surface area contributed by atoms with Gasteiger partial charge in [-0.2, -0.15) is 11.8 Å². The SMILES string of the molecule is CN=C(NCc1ccc(F)cc1CSC)NCC1CCN(c2cccc(OC)c2)C1. The molecular weight excluding hydrogens is 399 g/mol. The van der Waals surface area contributed by atoms with E-state index in [1.54, 1.807) is 32.0 Å². The molecule has 1 aliphatic rings. The number of guanidine groups is 1. The molecule has 1 atom stereocenters. The zero-order valence-electron chi connectivity index (χ0n) is 18.0. The molecule has 1 unspecified atom stereocenters. The highest BCUT2D eigenvalue weighted by Crippen LogP contribution is 2.26. The van der Waals surface area contributed by atoms with E-state index >= 15 is 0 Å². The van der Waals surface area contributed by atoms with E-state index in [0.29, 0.717) is 12.5 Å². The fourth-order valence-electron chi connectivity index (χ4n) is 3.74.